The highest BCUT2D eigenvalue weighted by atomic mass is 32.2. The van der Waals surface area contributed by atoms with Crippen molar-refractivity contribution in [2.24, 2.45) is 0 Å². The average molecular weight is 484 g/mol. The smallest absolute Gasteiger partial charge is 0.214 e. The molecule has 0 spiro atoms. The Hall–Kier alpha value is -4.36. The van der Waals surface area contributed by atoms with Crippen LogP contribution in [0.2, 0.25) is 0 Å². The maximum atomic E-state index is 13.4. The predicted octanol–water partition coefficient (Wildman–Crippen LogP) is 6.14. The van der Waals surface area contributed by atoms with Gasteiger partial charge >= 0.3 is 0 Å². The topological polar surface area (TPSA) is 72.9 Å². The van der Waals surface area contributed by atoms with Crippen LogP contribution in [0.4, 0.5) is 11.4 Å². The van der Waals surface area contributed by atoms with Gasteiger partial charge in [-0.15, -0.1) is 0 Å². The summed E-state index contributed by atoms with van der Waals surface area (Å²) in [6.07, 6.45) is 1.39. The molecule has 0 saturated carbocycles. The number of methoxy groups -OCH3 is 1. The van der Waals surface area contributed by atoms with E-state index in [2.05, 4.69) is 0 Å². The van der Waals surface area contributed by atoms with Crippen molar-refractivity contribution in [1.82, 2.24) is 0 Å². The van der Waals surface area contributed by atoms with Gasteiger partial charge in [0.25, 0.3) is 0 Å². The van der Waals surface area contributed by atoms with Crippen LogP contribution in [0, 0.1) is 0 Å². The molecule has 0 aromatic heterocycles. The molecule has 174 valence electrons. The first-order valence-electron chi connectivity index (χ1n) is 10.8. The number of carbonyl (C=O) groups excluding carboxylic acids is 1. The molecule has 4 aromatic carbocycles. The minimum absolute atomic E-state index is 0.0731. The molecule has 0 unspecified atom stereocenters. The molecule has 7 heteroatoms. The van der Waals surface area contributed by atoms with E-state index in [-0.39, 0.29) is 15.4 Å². The summed E-state index contributed by atoms with van der Waals surface area (Å²) in [5, 5.41) is 0. The Morgan fingerprint density at radius 1 is 0.714 bits per heavy atom. The average Bonchev–Trinajstić information content (AvgIpc) is 2.90. The Balaban J connectivity index is 1.54. The monoisotopic (exact) mass is 483 g/mol. The molecule has 0 atom stereocenters. The second-order valence-electron chi connectivity index (χ2n) is 7.80. The van der Waals surface area contributed by atoms with Crippen LogP contribution >= 0.6 is 0 Å². The molecule has 4 aromatic rings. The zero-order valence-electron chi connectivity index (χ0n) is 18.8. The van der Waals surface area contributed by atoms with Crippen molar-refractivity contribution in [3.05, 3.63) is 120 Å². The second kappa shape index (κ2) is 9.12. The molecule has 0 radical (unpaired) electrons. The van der Waals surface area contributed by atoms with Gasteiger partial charge in [0.05, 0.1) is 17.7 Å². The molecular weight excluding hydrogens is 462 g/mol. The maximum Gasteiger partial charge on any atom is 0.214 e. The molecule has 5 rings (SSSR count). The normalized spacial score (nSPS) is 14.0. The van der Waals surface area contributed by atoms with Gasteiger partial charge in [-0.3, -0.25) is 4.79 Å². The quantitative estimate of drug-likeness (QED) is 0.307. The van der Waals surface area contributed by atoms with Crippen molar-refractivity contribution in [3.8, 4) is 17.2 Å². The molecule has 0 aliphatic carbocycles. The van der Waals surface area contributed by atoms with Gasteiger partial charge in [0, 0.05) is 17.5 Å². The minimum atomic E-state index is -4.02. The number of para-hydroxylation sites is 2. The van der Waals surface area contributed by atoms with Crippen LogP contribution in [0.1, 0.15) is 10.4 Å². The summed E-state index contributed by atoms with van der Waals surface area (Å²) < 4.78 is 37.8. The van der Waals surface area contributed by atoms with E-state index in [1.54, 1.807) is 59.5 Å². The van der Waals surface area contributed by atoms with Crippen molar-refractivity contribution in [1.29, 1.82) is 0 Å². The molecule has 1 heterocycles. The highest BCUT2D eigenvalue weighted by Gasteiger charge is 2.36. The Morgan fingerprint density at radius 3 is 2.00 bits per heavy atom. The largest absolute Gasteiger partial charge is 0.497 e. The summed E-state index contributed by atoms with van der Waals surface area (Å²) in [6.45, 7) is 0. The number of carbonyl (C=O) groups is 1. The SMILES string of the molecule is COc1ccc(C(=O)C2=CN(c3ccc(Oc4ccccc4)cc3)c3ccccc3S2(=O)=O)cc1. The number of allylic oxidation sites excluding steroid dienone is 1. The maximum absolute atomic E-state index is 13.4. The fourth-order valence-electron chi connectivity index (χ4n) is 3.84. The fraction of sp³-hybridized carbons (Fsp3) is 0.0357. The van der Waals surface area contributed by atoms with Crippen molar-refractivity contribution >= 4 is 27.0 Å². The van der Waals surface area contributed by atoms with Crippen LogP contribution in [0.25, 0.3) is 0 Å². The van der Waals surface area contributed by atoms with Gasteiger partial charge in [0.2, 0.25) is 15.6 Å². The third-order valence-electron chi connectivity index (χ3n) is 5.62. The summed E-state index contributed by atoms with van der Waals surface area (Å²) in [5.41, 5.74) is 1.41. The van der Waals surface area contributed by atoms with E-state index in [1.165, 1.54) is 19.4 Å². The lowest BCUT2D eigenvalue weighted by Gasteiger charge is -2.29. The van der Waals surface area contributed by atoms with Gasteiger partial charge in [-0.25, -0.2) is 8.42 Å². The van der Waals surface area contributed by atoms with Crippen molar-refractivity contribution < 1.29 is 22.7 Å². The Morgan fingerprint density at radius 2 is 1.31 bits per heavy atom. The molecule has 6 nitrogen and oxygen atoms in total. The minimum Gasteiger partial charge on any atom is -0.497 e. The van der Waals surface area contributed by atoms with Gasteiger partial charge < -0.3 is 14.4 Å². The van der Waals surface area contributed by atoms with Crippen LogP contribution in [0.3, 0.4) is 0 Å². The number of nitrogens with zero attached hydrogens (tertiary/aromatic N) is 1. The lowest BCUT2D eigenvalue weighted by molar-refractivity contribution is 0.104. The number of ether oxygens (including phenoxy) is 2. The molecule has 0 amide bonds. The van der Waals surface area contributed by atoms with E-state index in [0.717, 1.165) is 0 Å². The molecule has 0 fully saturated rings. The molecule has 1 aliphatic rings. The number of ketones is 1. The number of hydrogen-bond acceptors (Lipinski definition) is 6. The van der Waals surface area contributed by atoms with Crippen molar-refractivity contribution in [3.63, 3.8) is 0 Å². The van der Waals surface area contributed by atoms with E-state index in [4.69, 9.17) is 9.47 Å². The Bertz CT molecular complexity index is 1510. The van der Waals surface area contributed by atoms with E-state index < -0.39 is 15.6 Å². The second-order valence-corrected chi connectivity index (χ2v) is 9.69. The zero-order chi connectivity index (χ0) is 24.4. The van der Waals surface area contributed by atoms with Gasteiger partial charge in [-0.2, -0.15) is 0 Å². The molecule has 1 aliphatic heterocycles. The number of rotatable bonds is 6. The number of fused-ring (bicyclic) bond motifs is 1. The summed E-state index contributed by atoms with van der Waals surface area (Å²) in [4.78, 5) is 14.8. The molecule has 0 bridgehead atoms. The van der Waals surface area contributed by atoms with E-state index in [1.807, 2.05) is 42.5 Å². The lowest BCUT2D eigenvalue weighted by Crippen LogP contribution is -2.25. The Labute approximate surface area is 203 Å². The predicted molar refractivity (Wildman–Crippen MR) is 134 cm³/mol. The highest BCUT2D eigenvalue weighted by molar-refractivity contribution is 7.96. The van der Waals surface area contributed by atoms with Crippen LogP contribution in [0.5, 0.6) is 17.2 Å². The molecular formula is C28H21NO5S. The van der Waals surface area contributed by atoms with Crippen LogP contribution in [-0.4, -0.2) is 21.3 Å². The van der Waals surface area contributed by atoms with Gasteiger partial charge in [-0.05, 0) is 72.8 Å². The van der Waals surface area contributed by atoms with Crippen molar-refractivity contribution in [2.45, 2.75) is 4.90 Å². The standard InChI is InChI=1S/C28H21NO5S/c1-33-22-15-11-20(12-16-22)28(30)27-19-29(25-9-5-6-10-26(25)35(27,31)32)21-13-17-24(18-14-21)34-23-7-3-2-4-8-23/h2-19H,1H3. The number of Topliss-reactive ketones (excluding diaryl/α,β-unsaturated/α-hetero) is 1. The summed E-state index contributed by atoms with van der Waals surface area (Å²) >= 11 is 0. The molecule has 0 N–H and O–H groups in total. The highest BCUT2D eigenvalue weighted by Crippen LogP contribution is 2.40. The van der Waals surface area contributed by atoms with Gasteiger partial charge in [0.15, 0.2) is 0 Å². The van der Waals surface area contributed by atoms with Gasteiger partial charge in [0.1, 0.15) is 22.2 Å². The lowest BCUT2D eigenvalue weighted by atomic mass is 10.1. The number of hydrogen-bond donors (Lipinski definition) is 0. The van der Waals surface area contributed by atoms with Crippen LogP contribution in [-0.2, 0) is 9.84 Å². The zero-order valence-corrected chi connectivity index (χ0v) is 19.6. The van der Waals surface area contributed by atoms with Crippen LogP contribution in [0.15, 0.2) is 119 Å². The summed E-state index contributed by atoms with van der Waals surface area (Å²) in [5.74, 6) is 1.33. The van der Waals surface area contributed by atoms with E-state index in [9.17, 15) is 13.2 Å². The van der Waals surface area contributed by atoms with E-state index >= 15 is 0 Å². The number of anilines is 2. The van der Waals surface area contributed by atoms with E-state index in [0.29, 0.717) is 28.6 Å². The van der Waals surface area contributed by atoms with Crippen LogP contribution < -0.4 is 14.4 Å². The first kappa shape index (κ1) is 22.4. The Kier molecular flexibility index (Phi) is 5.84. The van der Waals surface area contributed by atoms with Gasteiger partial charge in [-0.1, -0.05) is 30.3 Å². The third kappa shape index (κ3) is 4.29. The molecule has 0 saturated heterocycles. The first-order chi connectivity index (χ1) is 17.0. The van der Waals surface area contributed by atoms with Crippen molar-refractivity contribution in [2.75, 3.05) is 12.0 Å². The number of benzene rings is 4. The fourth-order valence-corrected chi connectivity index (χ4v) is 5.38. The number of sulfone groups is 1. The molecule has 35 heavy (non-hydrogen) atoms. The summed E-state index contributed by atoms with van der Waals surface area (Å²) in [7, 11) is -2.50. The third-order valence-corrected chi connectivity index (χ3v) is 7.41. The first-order valence-corrected chi connectivity index (χ1v) is 12.3. The summed E-state index contributed by atoms with van der Waals surface area (Å²) in [6, 6.07) is 29.6.